The Bertz CT molecular complexity index is 552. The van der Waals surface area contributed by atoms with Gasteiger partial charge in [0.2, 0.25) is 10.0 Å². The maximum atomic E-state index is 12.7. The first kappa shape index (κ1) is 15.8. The van der Waals surface area contributed by atoms with E-state index in [-0.39, 0.29) is 5.88 Å². The lowest BCUT2D eigenvalue weighted by atomic mass is 10.1. The molecule has 1 aliphatic rings. The van der Waals surface area contributed by atoms with Gasteiger partial charge in [0, 0.05) is 25.0 Å². The van der Waals surface area contributed by atoms with Crippen molar-refractivity contribution < 1.29 is 8.42 Å². The Hall–Kier alpha value is -0.620. The third kappa shape index (κ3) is 3.17. The van der Waals surface area contributed by atoms with Crippen molar-refractivity contribution in [3.8, 4) is 0 Å². The Morgan fingerprint density at radius 2 is 1.85 bits per heavy atom. The molecule has 0 amide bonds. The lowest BCUT2D eigenvalue weighted by molar-refractivity contribution is 0.196. The van der Waals surface area contributed by atoms with E-state index >= 15 is 0 Å². The van der Waals surface area contributed by atoms with Gasteiger partial charge in [-0.1, -0.05) is 18.2 Å². The van der Waals surface area contributed by atoms with E-state index in [1.807, 2.05) is 20.2 Å². The van der Waals surface area contributed by atoms with Crippen molar-refractivity contribution in [3.63, 3.8) is 0 Å². The molecule has 1 fully saturated rings. The fraction of sp³-hybridized carbons (Fsp3) is 0.571. The molecule has 1 aliphatic heterocycles. The quantitative estimate of drug-likeness (QED) is 0.799. The molecule has 1 heterocycles. The summed E-state index contributed by atoms with van der Waals surface area (Å²) in [5.74, 6) is 0.212. The second-order valence-electron chi connectivity index (χ2n) is 5.34. The minimum Gasteiger partial charge on any atom is -0.306 e. The summed E-state index contributed by atoms with van der Waals surface area (Å²) in [6.45, 7) is 1.14. The molecule has 0 spiro atoms. The van der Waals surface area contributed by atoms with Crippen molar-refractivity contribution in [1.29, 1.82) is 0 Å². The van der Waals surface area contributed by atoms with Crippen LogP contribution in [-0.2, 0) is 15.9 Å². The molecule has 1 aromatic carbocycles. The van der Waals surface area contributed by atoms with Gasteiger partial charge in [0.25, 0.3) is 0 Å². The van der Waals surface area contributed by atoms with E-state index < -0.39 is 10.0 Å². The minimum atomic E-state index is -3.42. The monoisotopic (exact) mass is 316 g/mol. The highest BCUT2D eigenvalue weighted by atomic mass is 35.5. The van der Waals surface area contributed by atoms with Crippen LogP contribution in [0.25, 0.3) is 0 Å². The van der Waals surface area contributed by atoms with Crippen LogP contribution < -0.4 is 0 Å². The van der Waals surface area contributed by atoms with E-state index in [0.717, 1.165) is 12.8 Å². The van der Waals surface area contributed by atoms with Crippen molar-refractivity contribution in [3.05, 3.63) is 29.8 Å². The van der Waals surface area contributed by atoms with Gasteiger partial charge in [0.15, 0.2) is 0 Å². The van der Waals surface area contributed by atoms with Crippen molar-refractivity contribution in [2.45, 2.75) is 29.7 Å². The zero-order valence-corrected chi connectivity index (χ0v) is 13.5. The van der Waals surface area contributed by atoms with Gasteiger partial charge in [0.1, 0.15) is 0 Å². The van der Waals surface area contributed by atoms with Crippen LogP contribution in [0.4, 0.5) is 0 Å². The molecule has 6 heteroatoms. The molecule has 112 valence electrons. The Morgan fingerprint density at radius 3 is 2.40 bits per heavy atom. The Morgan fingerprint density at radius 1 is 1.25 bits per heavy atom. The van der Waals surface area contributed by atoms with Gasteiger partial charge in [-0.2, -0.15) is 4.31 Å². The predicted octanol–water partition coefficient (Wildman–Crippen LogP) is 2.14. The van der Waals surface area contributed by atoms with Crippen molar-refractivity contribution in [2.75, 3.05) is 27.2 Å². The van der Waals surface area contributed by atoms with Crippen LogP contribution in [0.2, 0.25) is 0 Å². The number of rotatable bonds is 4. The molecular weight excluding hydrogens is 296 g/mol. The van der Waals surface area contributed by atoms with Crippen molar-refractivity contribution in [2.24, 2.45) is 0 Å². The predicted molar refractivity (Wildman–Crippen MR) is 81.5 cm³/mol. The summed E-state index contributed by atoms with van der Waals surface area (Å²) in [4.78, 5) is 2.51. The normalized spacial score (nSPS) is 18.6. The van der Waals surface area contributed by atoms with Gasteiger partial charge in [-0.25, -0.2) is 8.42 Å². The number of sulfonamides is 1. The molecule has 0 aromatic heterocycles. The van der Waals surface area contributed by atoms with E-state index in [1.165, 1.54) is 0 Å². The highest BCUT2D eigenvalue weighted by molar-refractivity contribution is 7.89. The number of halogens is 1. The molecular formula is C14H21ClN2O2S. The average Bonchev–Trinajstić information content (AvgIpc) is 2.47. The van der Waals surface area contributed by atoms with Crippen LogP contribution in [0.3, 0.4) is 0 Å². The van der Waals surface area contributed by atoms with Crippen molar-refractivity contribution >= 4 is 21.6 Å². The van der Waals surface area contributed by atoms with Gasteiger partial charge < -0.3 is 4.90 Å². The number of nitrogens with zero attached hydrogens (tertiary/aromatic N) is 2. The molecule has 0 atom stereocenters. The summed E-state index contributed by atoms with van der Waals surface area (Å²) in [6, 6.07) is 7.44. The summed E-state index contributed by atoms with van der Waals surface area (Å²) in [7, 11) is 0.655. The van der Waals surface area contributed by atoms with E-state index in [2.05, 4.69) is 4.90 Å². The lowest BCUT2D eigenvalue weighted by Crippen LogP contribution is -2.44. The van der Waals surface area contributed by atoms with Gasteiger partial charge in [-0.15, -0.1) is 11.6 Å². The smallest absolute Gasteiger partial charge is 0.243 e. The number of piperidine rings is 1. The fourth-order valence-corrected chi connectivity index (χ4v) is 4.61. The van der Waals surface area contributed by atoms with Gasteiger partial charge in [-0.3, -0.25) is 0 Å². The van der Waals surface area contributed by atoms with Crippen LogP contribution in [0, 0.1) is 0 Å². The van der Waals surface area contributed by atoms with E-state index in [1.54, 1.807) is 22.5 Å². The molecule has 1 saturated heterocycles. The molecule has 1 aromatic rings. The Kier molecular flexibility index (Phi) is 5.07. The SMILES string of the molecule is CN(C)C1CCN(S(=O)(=O)c2ccccc2CCl)CC1. The molecule has 0 aliphatic carbocycles. The standard InChI is InChI=1S/C14H21ClN2O2S/c1-16(2)13-7-9-17(10-8-13)20(18,19)14-6-4-3-5-12(14)11-15/h3-6,13H,7-11H2,1-2H3. The van der Waals surface area contributed by atoms with Gasteiger partial charge in [-0.05, 0) is 38.6 Å². The molecule has 0 bridgehead atoms. The summed E-state index contributed by atoms with van der Waals surface area (Å²) < 4.78 is 27.0. The average molecular weight is 317 g/mol. The first-order valence-corrected chi connectivity index (χ1v) is 8.74. The van der Waals surface area contributed by atoms with Crippen LogP contribution in [0.15, 0.2) is 29.2 Å². The highest BCUT2D eigenvalue weighted by Crippen LogP contribution is 2.25. The zero-order valence-electron chi connectivity index (χ0n) is 11.9. The highest BCUT2D eigenvalue weighted by Gasteiger charge is 2.31. The van der Waals surface area contributed by atoms with Crippen LogP contribution >= 0.6 is 11.6 Å². The lowest BCUT2D eigenvalue weighted by Gasteiger charge is -2.34. The summed E-state index contributed by atoms with van der Waals surface area (Å²) in [5.41, 5.74) is 0.670. The molecule has 0 saturated carbocycles. The number of hydrogen-bond donors (Lipinski definition) is 0. The molecule has 2 rings (SSSR count). The van der Waals surface area contributed by atoms with Crippen LogP contribution in [0.5, 0.6) is 0 Å². The Labute approximate surface area is 126 Å². The number of alkyl halides is 1. The zero-order chi connectivity index (χ0) is 14.8. The maximum Gasteiger partial charge on any atom is 0.243 e. The summed E-state index contributed by atoms with van der Waals surface area (Å²) >= 11 is 5.85. The molecule has 0 unspecified atom stereocenters. The third-order valence-electron chi connectivity index (χ3n) is 3.89. The second-order valence-corrected chi connectivity index (χ2v) is 7.51. The van der Waals surface area contributed by atoms with E-state index in [4.69, 9.17) is 11.6 Å². The molecule has 0 N–H and O–H groups in total. The summed E-state index contributed by atoms with van der Waals surface area (Å²) in [5, 5.41) is 0. The number of benzene rings is 1. The minimum absolute atomic E-state index is 0.212. The van der Waals surface area contributed by atoms with Gasteiger partial charge in [0.05, 0.1) is 4.90 Å². The van der Waals surface area contributed by atoms with Crippen LogP contribution in [-0.4, -0.2) is 50.8 Å². The second kappa shape index (κ2) is 6.43. The number of hydrogen-bond acceptors (Lipinski definition) is 3. The third-order valence-corrected chi connectivity index (χ3v) is 6.18. The summed E-state index contributed by atoms with van der Waals surface area (Å²) in [6.07, 6.45) is 1.74. The molecule has 4 nitrogen and oxygen atoms in total. The van der Waals surface area contributed by atoms with E-state index in [9.17, 15) is 8.42 Å². The fourth-order valence-electron chi connectivity index (χ4n) is 2.60. The Balaban J connectivity index is 2.20. The topological polar surface area (TPSA) is 40.6 Å². The first-order chi connectivity index (χ1) is 9.46. The largest absolute Gasteiger partial charge is 0.306 e. The molecule has 0 radical (unpaired) electrons. The van der Waals surface area contributed by atoms with Crippen molar-refractivity contribution in [1.82, 2.24) is 9.21 Å². The maximum absolute atomic E-state index is 12.7. The van der Waals surface area contributed by atoms with Crippen LogP contribution in [0.1, 0.15) is 18.4 Å². The van der Waals surface area contributed by atoms with E-state index in [0.29, 0.717) is 29.6 Å². The molecule has 20 heavy (non-hydrogen) atoms. The first-order valence-electron chi connectivity index (χ1n) is 6.77. The van der Waals surface area contributed by atoms with Gasteiger partial charge >= 0.3 is 0 Å².